The summed E-state index contributed by atoms with van der Waals surface area (Å²) in [6, 6.07) is 6.59. The minimum absolute atomic E-state index is 0.132. The van der Waals surface area contributed by atoms with E-state index in [9.17, 15) is 14.0 Å². The Balaban J connectivity index is 1.78. The van der Waals surface area contributed by atoms with Gasteiger partial charge in [0, 0.05) is 30.5 Å². The van der Waals surface area contributed by atoms with Crippen molar-refractivity contribution >= 4 is 28.3 Å². The zero-order chi connectivity index (χ0) is 16.4. The van der Waals surface area contributed by atoms with Crippen LogP contribution in [0.5, 0.6) is 0 Å². The van der Waals surface area contributed by atoms with E-state index < -0.39 is 0 Å². The monoisotopic (exact) mass is 333 g/mol. The number of halogens is 1. The lowest BCUT2D eigenvalue weighted by Gasteiger charge is -2.21. The van der Waals surface area contributed by atoms with Gasteiger partial charge in [0.25, 0.3) is 5.91 Å². The van der Waals surface area contributed by atoms with Crippen LogP contribution in [-0.4, -0.2) is 27.7 Å². The highest BCUT2D eigenvalue weighted by Crippen LogP contribution is 2.30. The van der Waals surface area contributed by atoms with Crippen LogP contribution in [0.15, 0.2) is 29.6 Å². The molecule has 1 fully saturated rings. The second-order valence-electron chi connectivity index (χ2n) is 5.47. The first-order valence-electron chi connectivity index (χ1n) is 7.32. The van der Waals surface area contributed by atoms with Crippen molar-refractivity contribution in [3.05, 3.63) is 46.7 Å². The fourth-order valence-electron chi connectivity index (χ4n) is 2.29. The molecule has 0 bridgehead atoms. The number of nitrogens with one attached hydrogen (secondary N) is 1. The van der Waals surface area contributed by atoms with Crippen LogP contribution >= 0.6 is 11.3 Å². The first-order valence-corrected chi connectivity index (χ1v) is 8.20. The summed E-state index contributed by atoms with van der Waals surface area (Å²) in [7, 11) is 0. The first-order chi connectivity index (χ1) is 11.0. The number of carbonyl (C=O) groups excluding carboxylic acids is 2. The highest BCUT2D eigenvalue weighted by molar-refractivity contribution is 7.14. The smallest absolute Gasteiger partial charge is 0.273 e. The van der Waals surface area contributed by atoms with Crippen molar-refractivity contribution in [2.45, 2.75) is 32.4 Å². The number of carbonyl (C=O) groups is 2. The van der Waals surface area contributed by atoms with E-state index >= 15 is 0 Å². The molecule has 120 valence electrons. The van der Waals surface area contributed by atoms with Crippen LogP contribution in [-0.2, 0) is 11.3 Å². The minimum Gasteiger partial charge on any atom is -0.330 e. The number of aromatic nitrogens is 1. The summed E-state index contributed by atoms with van der Waals surface area (Å²) in [6.07, 6.45) is 1.84. The minimum atomic E-state index is -0.317. The normalized spacial score (nSPS) is 13.7. The van der Waals surface area contributed by atoms with Gasteiger partial charge in [0.15, 0.2) is 5.13 Å². The summed E-state index contributed by atoms with van der Waals surface area (Å²) in [4.78, 5) is 29.5. The lowest BCUT2D eigenvalue weighted by atomic mass is 10.2. The number of anilines is 1. The van der Waals surface area contributed by atoms with Crippen molar-refractivity contribution in [3.8, 4) is 0 Å². The van der Waals surface area contributed by atoms with Gasteiger partial charge in [-0.1, -0.05) is 18.2 Å². The fraction of sp³-hybridized carbons (Fsp3) is 0.312. The van der Waals surface area contributed by atoms with Gasteiger partial charge >= 0.3 is 0 Å². The van der Waals surface area contributed by atoms with Crippen LogP contribution in [0.2, 0.25) is 0 Å². The van der Waals surface area contributed by atoms with Crippen LogP contribution in [0, 0.1) is 5.82 Å². The summed E-state index contributed by atoms with van der Waals surface area (Å²) in [6.45, 7) is 1.61. The van der Waals surface area contributed by atoms with Gasteiger partial charge in [-0.15, -0.1) is 11.3 Å². The van der Waals surface area contributed by atoms with E-state index in [1.165, 1.54) is 24.3 Å². The Morgan fingerprint density at radius 2 is 2.13 bits per heavy atom. The van der Waals surface area contributed by atoms with Crippen LogP contribution in [0.1, 0.15) is 35.8 Å². The molecule has 1 aliphatic rings. The number of hydrogen-bond acceptors (Lipinski definition) is 4. The summed E-state index contributed by atoms with van der Waals surface area (Å²) < 4.78 is 13.8. The average molecular weight is 333 g/mol. The van der Waals surface area contributed by atoms with Crippen molar-refractivity contribution in [2.24, 2.45) is 0 Å². The van der Waals surface area contributed by atoms with Gasteiger partial charge < -0.3 is 10.2 Å². The molecule has 1 heterocycles. The Morgan fingerprint density at radius 1 is 1.39 bits per heavy atom. The Bertz CT molecular complexity index is 742. The number of benzene rings is 1. The van der Waals surface area contributed by atoms with Gasteiger partial charge in [-0.05, 0) is 18.9 Å². The summed E-state index contributed by atoms with van der Waals surface area (Å²) in [5.41, 5.74) is 0.770. The highest BCUT2D eigenvalue weighted by Gasteiger charge is 2.34. The third-order valence-electron chi connectivity index (χ3n) is 3.55. The highest BCUT2D eigenvalue weighted by atomic mass is 32.1. The number of amides is 2. The van der Waals surface area contributed by atoms with Gasteiger partial charge in [0.1, 0.15) is 11.5 Å². The maximum absolute atomic E-state index is 13.8. The molecule has 2 amide bonds. The van der Waals surface area contributed by atoms with Gasteiger partial charge in [-0.3, -0.25) is 9.59 Å². The lowest BCUT2D eigenvalue weighted by Crippen LogP contribution is -2.33. The molecule has 0 radical (unpaired) electrons. The van der Waals surface area contributed by atoms with Gasteiger partial charge in [0.2, 0.25) is 5.91 Å². The zero-order valence-electron chi connectivity index (χ0n) is 12.6. The van der Waals surface area contributed by atoms with Crippen molar-refractivity contribution in [1.29, 1.82) is 0 Å². The number of nitrogens with zero attached hydrogens (tertiary/aromatic N) is 2. The molecule has 1 N–H and O–H groups in total. The number of thiazole rings is 1. The van der Waals surface area contributed by atoms with Crippen LogP contribution < -0.4 is 5.32 Å². The van der Waals surface area contributed by atoms with E-state index in [1.807, 2.05) is 0 Å². The van der Waals surface area contributed by atoms with Crippen LogP contribution in [0.25, 0.3) is 0 Å². The number of hydrogen-bond donors (Lipinski definition) is 1. The molecule has 1 aromatic carbocycles. The summed E-state index contributed by atoms with van der Waals surface area (Å²) >= 11 is 1.20. The predicted molar refractivity (Wildman–Crippen MR) is 85.7 cm³/mol. The molecule has 7 heteroatoms. The topological polar surface area (TPSA) is 62.3 Å². The van der Waals surface area contributed by atoms with Gasteiger partial charge in [-0.2, -0.15) is 0 Å². The Labute approximate surface area is 137 Å². The van der Waals surface area contributed by atoms with Gasteiger partial charge in [-0.25, -0.2) is 9.37 Å². The molecule has 23 heavy (non-hydrogen) atoms. The van der Waals surface area contributed by atoms with Crippen LogP contribution in [0.4, 0.5) is 9.52 Å². The summed E-state index contributed by atoms with van der Waals surface area (Å²) in [5.74, 6) is -0.782. The third-order valence-corrected chi connectivity index (χ3v) is 4.31. The second-order valence-corrected chi connectivity index (χ2v) is 6.33. The third kappa shape index (κ3) is 3.73. The van der Waals surface area contributed by atoms with E-state index in [-0.39, 0.29) is 35.9 Å². The Hall–Kier alpha value is -2.28. The second kappa shape index (κ2) is 6.45. The SMILES string of the molecule is CC(=O)Nc1nc(C(=O)N(Cc2ccccc2F)C2CC2)cs1. The first kappa shape index (κ1) is 15.6. The van der Waals surface area contributed by atoms with E-state index in [0.717, 1.165) is 12.8 Å². The molecule has 0 unspecified atom stereocenters. The molecule has 1 aromatic heterocycles. The van der Waals surface area contributed by atoms with Crippen molar-refractivity contribution in [2.75, 3.05) is 5.32 Å². The molecule has 1 saturated carbocycles. The lowest BCUT2D eigenvalue weighted by molar-refractivity contribution is -0.114. The maximum Gasteiger partial charge on any atom is 0.273 e. The molecular formula is C16H16FN3O2S. The molecule has 2 aromatic rings. The molecule has 3 rings (SSSR count). The quantitative estimate of drug-likeness (QED) is 0.915. The zero-order valence-corrected chi connectivity index (χ0v) is 13.4. The van der Waals surface area contributed by atoms with Crippen LogP contribution in [0.3, 0.4) is 0 Å². The fourth-order valence-corrected chi connectivity index (χ4v) is 3.02. The largest absolute Gasteiger partial charge is 0.330 e. The van der Waals surface area contributed by atoms with Crippen molar-refractivity contribution < 1.29 is 14.0 Å². The number of rotatable bonds is 5. The van der Waals surface area contributed by atoms with Crippen molar-refractivity contribution in [3.63, 3.8) is 0 Å². The molecule has 0 aliphatic heterocycles. The van der Waals surface area contributed by atoms with E-state index in [0.29, 0.717) is 10.7 Å². The molecule has 0 spiro atoms. The Kier molecular flexibility index (Phi) is 4.38. The summed E-state index contributed by atoms with van der Waals surface area (Å²) in [5, 5.41) is 4.57. The standard InChI is InChI=1S/C16H16FN3O2S/c1-10(21)18-16-19-14(9-23-16)15(22)20(12-6-7-12)8-11-4-2-3-5-13(11)17/h2-5,9,12H,6-8H2,1H3,(H,18,19,21). The molecule has 0 saturated heterocycles. The maximum atomic E-state index is 13.8. The molecule has 1 aliphatic carbocycles. The average Bonchev–Trinajstić information content (AvgIpc) is 3.25. The molecule has 0 atom stereocenters. The van der Waals surface area contributed by atoms with Crippen molar-refractivity contribution in [1.82, 2.24) is 9.88 Å². The Morgan fingerprint density at radius 3 is 2.78 bits per heavy atom. The van der Waals surface area contributed by atoms with E-state index in [4.69, 9.17) is 0 Å². The molecule has 5 nitrogen and oxygen atoms in total. The predicted octanol–water partition coefficient (Wildman–Crippen LogP) is 3.05. The van der Waals surface area contributed by atoms with E-state index in [1.54, 1.807) is 28.5 Å². The van der Waals surface area contributed by atoms with Gasteiger partial charge in [0.05, 0.1) is 0 Å². The molecular weight excluding hydrogens is 317 g/mol. The van der Waals surface area contributed by atoms with E-state index in [2.05, 4.69) is 10.3 Å².